The van der Waals surface area contributed by atoms with Crippen molar-refractivity contribution in [2.24, 2.45) is 0 Å². The molecular formula is C51H69O6P. The van der Waals surface area contributed by atoms with Crippen LogP contribution in [0.5, 0.6) is 17.2 Å². The normalized spacial score (nSPS) is 17.9. The molecule has 1 aliphatic heterocycles. The van der Waals surface area contributed by atoms with E-state index < -0.39 is 35.5 Å². The van der Waals surface area contributed by atoms with Crippen LogP contribution in [0, 0.1) is 0 Å². The summed E-state index contributed by atoms with van der Waals surface area (Å²) in [5.74, 6) is -0.0184. The third kappa shape index (κ3) is 9.08. The Morgan fingerprint density at radius 1 is 0.569 bits per heavy atom. The van der Waals surface area contributed by atoms with E-state index in [0.29, 0.717) is 17.1 Å². The Morgan fingerprint density at radius 2 is 0.948 bits per heavy atom. The Bertz CT molecular complexity index is 2160. The van der Waals surface area contributed by atoms with Gasteiger partial charge in [0.05, 0.1) is 5.56 Å². The first kappa shape index (κ1) is 45.1. The summed E-state index contributed by atoms with van der Waals surface area (Å²) in [7, 11) is -4.78. The predicted molar refractivity (Wildman–Crippen MR) is 240 cm³/mol. The lowest BCUT2D eigenvalue weighted by atomic mass is 9.74. The van der Waals surface area contributed by atoms with Crippen molar-refractivity contribution in [1.82, 2.24) is 0 Å². The Hall–Kier alpha value is -4.02. The molecule has 0 aromatic heterocycles. The predicted octanol–water partition coefficient (Wildman–Crippen LogP) is 14.7. The van der Waals surface area contributed by atoms with Gasteiger partial charge in [-0.05, 0) is 72.9 Å². The van der Waals surface area contributed by atoms with E-state index in [4.69, 9.17) is 13.6 Å². The van der Waals surface area contributed by atoms with E-state index >= 15 is 4.57 Å². The minimum atomic E-state index is -4.78. The number of fused-ring (bicyclic) bond motifs is 2. The molecule has 4 aromatic rings. The van der Waals surface area contributed by atoms with Gasteiger partial charge in [0.15, 0.2) is 0 Å². The molecule has 5 rings (SSSR count). The van der Waals surface area contributed by atoms with Gasteiger partial charge in [-0.2, -0.15) is 4.57 Å². The van der Waals surface area contributed by atoms with Crippen LogP contribution in [-0.2, 0) is 41.6 Å². The molecule has 0 saturated heterocycles. The average molecular weight is 809 g/mol. The largest absolute Gasteiger partial charge is 0.649 e. The van der Waals surface area contributed by atoms with Crippen molar-refractivity contribution in [2.45, 2.75) is 170 Å². The second-order valence-corrected chi connectivity index (χ2v) is 24.0. The quantitative estimate of drug-likeness (QED) is 0.208. The summed E-state index contributed by atoms with van der Waals surface area (Å²) >= 11 is 0. The van der Waals surface area contributed by atoms with E-state index in [1.807, 2.05) is 24.3 Å². The van der Waals surface area contributed by atoms with Gasteiger partial charge in [0.2, 0.25) is 0 Å². The fraction of sp³-hybridized carbons (Fsp3) is 0.510. The van der Waals surface area contributed by atoms with Gasteiger partial charge in [-0.3, -0.25) is 0 Å². The molecule has 314 valence electrons. The molecule has 7 heteroatoms. The zero-order valence-corrected chi connectivity index (χ0v) is 39.7. The van der Waals surface area contributed by atoms with Crippen molar-refractivity contribution in [3.8, 4) is 28.4 Å². The van der Waals surface area contributed by atoms with Crippen LogP contribution in [-0.4, -0.2) is 11.1 Å². The summed E-state index contributed by atoms with van der Waals surface area (Å²) in [6.07, 6.45) is 0. The molecule has 4 aromatic carbocycles. The second-order valence-electron chi connectivity index (χ2n) is 22.6. The topological polar surface area (TPSA) is 82.1 Å². The lowest BCUT2D eigenvalue weighted by Crippen LogP contribution is -2.24. The number of hydrogen-bond donors (Lipinski definition) is 1. The minimum Gasteiger partial charge on any atom is -0.507 e. The van der Waals surface area contributed by atoms with Gasteiger partial charge in [0.25, 0.3) is 0 Å². The summed E-state index contributed by atoms with van der Waals surface area (Å²) in [5, 5.41) is 11.5. The number of benzene rings is 4. The van der Waals surface area contributed by atoms with Gasteiger partial charge in [0.1, 0.15) is 17.2 Å². The zero-order chi connectivity index (χ0) is 43.9. The number of carbonyl (C=O) groups excluding carboxylic acids is 1. The molecule has 0 bridgehead atoms. The van der Waals surface area contributed by atoms with Crippen LogP contribution in [0.15, 0.2) is 60.7 Å². The zero-order valence-electron chi connectivity index (χ0n) is 38.8. The van der Waals surface area contributed by atoms with Crippen molar-refractivity contribution in [3.63, 3.8) is 0 Å². The van der Waals surface area contributed by atoms with E-state index in [-0.39, 0.29) is 28.1 Å². The summed E-state index contributed by atoms with van der Waals surface area (Å²) in [6, 6.07) is 19.6. The third-order valence-corrected chi connectivity index (χ3v) is 12.5. The first-order valence-electron chi connectivity index (χ1n) is 20.7. The lowest BCUT2D eigenvalue weighted by molar-refractivity contribution is 0.0687. The molecule has 0 unspecified atom stereocenters. The van der Waals surface area contributed by atoms with Crippen molar-refractivity contribution < 1.29 is 28.0 Å². The highest BCUT2D eigenvalue weighted by Crippen LogP contribution is 2.60. The van der Waals surface area contributed by atoms with Crippen LogP contribution >= 0.6 is 7.82 Å². The molecule has 1 heterocycles. The van der Waals surface area contributed by atoms with Gasteiger partial charge in [-0.1, -0.05) is 174 Å². The number of phosphoric acid groups is 1. The maximum atomic E-state index is 15.7. The van der Waals surface area contributed by atoms with Crippen molar-refractivity contribution in [1.29, 1.82) is 0 Å². The summed E-state index contributed by atoms with van der Waals surface area (Å²) in [4.78, 5) is 14.8. The van der Waals surface area contributed by atoms with E-state index in [9.17, 15) is 9.90 Å². The molecule has 0 fully saturated rings. The van der Waals surface area contributed by atoms with Crippen LogP contribution < -0.4 is 9.05 Å². The van der Waals surface area contributed by atoms with Gasteiger partial charge in [-0.15, -0.1) is 0 Å². The average Bonchev–Trinajstić information content (AvgIpc) is 3.04. The van der Waals surface area contributed by atoms with Crippen LogP contribution in [0.25, 0.3) is 11.1 Å². The molecule has 0 spiro atoms. The van der Waals surface area contributed by atoms with Gasteiger partial charge < -0.3 is 18.7 Å². The molecule has 1 aliphatic rings. The van der Waals surface area contributed by atoms with Crippen molar-refractivity contribution in [3.05, 3.63) is 111 Å². The lowest BCUT2D eigenvalue weighted by Gasteiger charge is -2.36. The fourth-order valence-corrected chi connectivity index (χ4v) is 8.84. The fourth-order valence-electron chi connectivity index (χ4n) is 7.57. The van der Waals surface area contributed by atoms with E-state index in [1.54, 1.807) is 12.1 Å². The molecule has 6 nitrogen and oxygen atoms in total. The highest BCUT2D eigenvalue weighted by atomic mass is 31.2. The van der Waals surface area contributed by atoms with E-state index in [0.717, 1.165) is 50.1 Å². The maximum absolute atomic E-state index is 15.7. The standard InChI is InChI=1S/C51H69O6P/c1-30-36-26-32(46(2,3)4)28-40(50(14,15)16)43(36)55-58(54,56-44-37(30)27-33(47(5,6)7)29-41(44)51(17,18)19)57-45(53)35-23-21-20-22-34(35)31-24-38(48(8,9)10)42(52)39(25-31)49(11,12)13/h20-30,52H,1-19H3. The summed E-state index contributed by atoms with van der Waals surface area (Å²) < 4.78 is 35.2. The molecule has 0 amide bonds. The van der Waals surface area contributed by atoms with Crippen LogP contribution in [0.4, 0.5) is 0 Å². The molecule has 1 N–H and O–H groups in total. The van der Waals surface area contributed by atoms with E-state index in [1.165, 1.54) is 0 Å². The van der Waals surface area contributed by atoms with Crippen LogP contribution in [0.2, 0.25) is 0 Å². The molecule has 0 atom stereocenters. The van der Waals surface area contributed by atoms with Gasteiger partial charge in [0, 0.05) is 39.3 Å². The summed E-state index contributed by atoms with van der Waals surface area (Å²) in [6.45, 7) is 40.2. The second kappa shape index (κ2) is 14.6. The number of phenolic OH excluding ortho intramolecular Hbond substituents is 1. The van der Waals surface area contributed by atoms with Crippen LogP contribution in [0.1, 0.15) is 192 Å². The monoisotopic (exact) mass is 808 g/mol. The third-order valence-electron chi connectivity index (χ3n) is 11.3. The number of carbonyl (C=O) groups is 1. The molecule has 0 saturated carbocycles. The van der Waals surface area contributed by atoms with Gasteiger partial charge >= 0.3 is 13.8 Å². The highest BCUT2D eigenvalue weighted by molar-refractivity contribution is 7.50. The smallest absolute Gasteiger partial charge is 0.507 e. The minimum absolute atomic E-state index is 0.199. The number of phosphoric ester groups is 1. The Labute approximate surface area is 349 Å². The molecule has 0 radical (unpaired) electrons. The van der Waals surface area contributed by atoms with Gasteiger partial charge in [-0.25, -0.2) is 4.79 Å². The number of phenols is 1. The Kier molecular flexibility index (Phi) is 11.4. The first-order valence-corrected chi connectivity index (χ1v) is 22.2. The molecule has 0 aliphatic carbocycles. The molecule has 58 heavy (non-hydrogen) atoms. The van der Waals surface area contributed by atoms with E-state index in [2.05, 4.69) is 156 Å². The van der Waals surface area contributed by atoms with Crippen LogP contribution in [0.3, 0.4) is 0 Å². The number of hydrogen-bond acceptors (Lipinski definition) is 6. The maximum Gasteiger partial charge on any atom is 0.649 e. The number of aromatic hydroxyl groups is 1. The molecular weight excluding hydrogens is 740 g/mol. The summed E-state index contributed by atoms with van der Waals surface area (Å²) in [5.41, 5.74) is 6.62. The Balaban J connectivity index is 1.81. The SMILES string of the molecule is CC1c2cc(C(C)(C)C)cc(C(C)(C)C)c2OP(=O)(OC(=O)c2ccccc2-c2cc(C(C)(C)C)c(O)c(C(C)(C)C)c2)Oc2c1cc(C(C)(C)C)cc2C(C)(C)C. The van der Waals surface area contributed by atoms with Crippen molar-refractivity contribution in [2.75, 3.05) is 0 Å². The highest BCUT2D eigenvalue weighted by Gasteiger charge is 2.45. The first-order chi connectivity index (χ1) is 26.1. The van der Waals surface area contributed by atoms with Crippen molar-refractivity contribution >= 4 is 13.8 Å². The Morgan fingerprint density at radius 3 is 1.31 bits per heavy atom. The number of rotatable bonds is 3.